The Hall–Kier alpha value is -2.15. The molecule has 134 valence electrons. The number of ether oxygens (including phenoxy) is 1. The van der Waals surface area contributed by atoms with Crippen LogP contribution in [0, 0.1) is 12.8 Å². The molecule has 1 amide bonds. The van der Waals surface area contributed by atoms with Crippen LogP contribution in [0.3, 0.4) is 0 Å². The van der Waals surface area contributed by atoms with Gasteiger partial charge >= 0.3 is 0 Å². The molecule has 7 nitrogen and oxygen atoms in total. The fourth-order valence-corrected chi connectivity index (χ4v) is 3.36. The molecule has 7 heteroatoms. The number of nitrogens with zero attached hydrogens (tertiary/aromatic N) is 4. The zero-order valence-corrected chi connectivity index (χ0v) is 14.8. The molecule has 0 aromatic carbocycles. The summed E-state index contributed by atoms with van der Waals surface area (Å²) in [7, 11) is 0. The second-order valence-corrected chi connectivity index (χ2v) is 7.08. The van der Waals surface area contributed by atoms with E-state index in [0.29, 0.717) is 37.4 Å². The van der Waals surface area contributed by atoms with E-state index in [2.05, 4.69) is 21.7 Å². The van der Waals surface area contributed by atoms with Crippen molar-refractivity contribution in [2.75, 3.05) is 13.2 Å². The summed E-state index contributed by atoms with van der Waals surface area (Å²) in [5.41, 5.74) is 0.637. The number of fused-ring (bicyclic) bond motifs is 1. The lowest BCUT2D eigenvalue weighted by atomic mass is 10.1. The second-order valence-electron chi connectivity index (χ2n) is 7.08. The normalized spacial score (nSPS) is 20.4. The molecule has 1 fully saturated rings. The van der Waals surface area contributed by atoms with E-state index in [1.807, 2.05) is 11.8 Å². The number of hydrogen-bond acceptors (Lipinski definition) is 5. The molecule has 1 atom stereocenters. The summed E-state index contributed by atoms with van der Waals surface area (Å²) in [6, 6.07) is 1.81. The average molecular weight is 344 g/mol. The summed E-state index contributed by atoms with van der Waals surface area (Å²) in [5, 5.41) is 8.63. The van der Waals surface area contributed by atoms with Crippen LogP contribution in [0.1, 0.15) is 47.5 Å². The zero-order valence-electron chi connectivity index (χ0n) is 14.8. The van der Waals surface area contributed by atoms with Gasteiger partial charge in [0.2, 0.25) is 0 Å². The Morgan fingerprint density at radius 2 is 2.20 bits per heavy atom. The van der Waals surface area contributed by atoms with Gasteiger partial charge in [-0.2, -0.15) is 0 Å². The topological polar surface area (TPSA) is 73.4 Å². The molecule has 25 heavy (non-hydrogen) atoms. The van der Waals surface area contributed by atoms with Gasteiger partial charge in [0, 0.05) is 32.2 Å². The Labute approximate surface area is 147 Å². The summed E-state index contributed by atoms with van der Waals surface area (Å²) >= 11 is 0. The van der Waals surface area contributed by atoms with Crippen molar-refractivity contribution in [2.45, 2.75) is 52.3 Å². The Bertz CT molecular complexity index is 762. The molecule has 0 saturated heterocycles. The highest BCUT2D eigenvalue weighted by Crippen LogP contribution is 2.29. The summed E-state index contributed by atoms with van der Waals surface area (Å²) < 4.78 is 13.2. The number of aryl methyl sites for hydroxylation is 1. The van der Waals surface area contributed by atoms with E-state index in [-0.39, 0.29) is 11.9 Å². The Morgan fingerprint density at radius 3 is 2.92 bits per heavy atom. The van der Waals surface area contributed by atoms with E-state index < -0.39 is 0 Å². The molecule has 2 aliphatic rings. The van der Waals surface area contributed by atoms with Gasteiger partial charge in [0.1, 0.15) is 18.2 Å². The molecule has 0 unspecified atom stereocenters. The fourth-order valence-electron chi connectivity index (χ4n) is 3.36. The third kappa shape index (κ3) is 3.33. The van der Waals surface area contributed by atoms with Gasteiger partial charge in [0.25, 0.3) is 5.91 Å². The minimum Gasteiger partial charge on any atom is -0.469 e. The highest BCUT2D eigenvalue weighted by Gasteiger charge is 2.29. The predicted octanol–water partition coefficient (Wildman–Crippen LogP) is 2.19. The van der Waals surface area contributed by atoms with Crippen molar-refractivity contribution in [1.82, 2.24) is 19.7 Å². The largest absolute Gasteiger partial charge is 0.469 e. The average Bonchev–Trinajstić information content (AvgIpc) is 3.24. The van der Waals surface area contributed by atoms with Crippen molar-refractivity contribution in [1.29, 1.82) is 0 Å². The highest BCUT2D eigenvalue weighted by molar-refractivity contribution is 5.95. The summed E-state index contributed by atoms with van der Waals surface area (Å²) in [5.74, 6) is 3.20. The van der Waals surface area contributed by atoms with Crippen molar-refractivity contribution in [3.05, 3.63) is 35.3 Å². The number of carbonyl (C=O) groups excluding carboxylic acids is 1. The van der Waals surface area contributed by atoms with Gasteiger partial charge in [0.15, 0.2) is 5.82 Å². The van der Waals surface area contributed by atoms with Gasteiger partial charge in [0.05, 0.1) is 11.8 Å². The number of amides is 1. The molecular formula is C18H24N4O3. The summed E-state index contributed by atoms with van der Waals surface area (Å²) in [6.07, 6.45) is 4.81. The highest BCUT2D eigenvalue weighted by atomic mass is 16.5. The number of furan rings is 1. The van der Waals surface area contributed by atoms with Crippen molar-refractivity contribution in [3.8, 4) is 0 Å². The first-order valence-corrected chi connectivity index (χ1v) is 8.97. The minimum absolute atomic E-state index is 0.0176. The van der Waals surface area contributed by atoms with Crippen LogP contribution in [0.4, 0.5) is 0 Å². The Morgan fingerprint density at radius 1 is 1.36 bits per heavy atom. The summed E-state index contributed by atoms with van der Waals surface area (Å²) in [4.78, 5) is 14.8. The van der Waals surface area contributed by atoms with E-state index in [4.69, 9.17) is 9.15 Å². The number of rotatable bonds is 5. The summed E-state index contributed by atoms with van der Waals surface area (Å²) in [6.45, 7) is 6.50. The van der Waals surface area contributed by atoms with Crippen LogP contribution in [0.25, 0.3) is 0 Å². The van der Waals surface area contributed by atoms with Crippen LogP contribution in [0.2, 0.25) is 0 Å². The predicted molar refractivity (Wildman–Crippen MR) is 90.0 cm³/mol. The lowest BCUT2D eigenvalue weighted by molar-refractivity contribution is 0.0692. The van der Waals surface area contributed by atoms with Gasteiger partial charge in [-0.05, 0) is 38.7 Å². The van der Waals surface area contributed by atoms with E-state index in [0.717, 1.165) is 24.2 Å². The van der Waals surface area contributed by atoms with Gasteiger partial charge in [-0.25, -0.2) is 0 Å². The van der Waals surface area contributed by atoms with Crippen LogP contribution in [0.15, 0.2) is 16.7 Å². The quantitative estimate of drug-likeness (QED) is 0.831. The molecule has 1 saturated carbocycles. The lowest BCUT2D eigenvalue weighted by Crippen LogP contribution is -2.40. The van der Waals surface area contributed by atoms with E-state index in [9.17, 15) is 4.79 Å². The first-order chi connectivity index (χ1) is 12.1. The molecule has 3 heterocycles. The molecule has 0 N–H and O–H groups in total. The molecule has 1 aliphatic heterocycles. The maximum atomic E-state index is 12.9. The van der Waals surface area contributed by atoms with E-state index in [1.165, 1.54) is 12.8 Å². The van der Waals surface area contributed by atoms with Crippen LogP contribution < -0.4 is 0 Å². The maximum Gasteiger partial charge on any atom is 0.257 e. The molecule has 1 aliphatic carbocycles. The standard InChI is InChI=1S/C18H24N4O3/c1-12-9-16-19-20-17(11-24-10-14-3-4-14)22(16)7-6-21(12)18(23)15-5-8-25-13(15)2/h5,8,12,14H,3-4,6-7,9-11H2,1-2H3/t12-/m1/s1. The van der Waals surface area contributed by atoms with Crippen molar-refractivity contribution < 1.29 is 13.9 Å². The molecule has 0 radical (unpaired) electrons. The Balaban J connectivity index is 1.46. The van der Waals surface area contributed by atoms with Crippen molar-refractivity contribution >= 4 is 5.91 Å². The van der Waals surface area contributed by atoms with Crippen molar-refractivity contribution in [3.63, 3.8) is 0 Å². The van der Waals surface area contributed by atoms with Gasteiger partial charge in [-0.3, -0.25) is 4.79 Å². The molecule has 2 aromatic rings. The molecule has 0 spiro atoms. The monoisotopic (exact) mass is 344 g/mol. The first-order valence-electron chi connectivity index (χ1n) is 8.97. The van der Waals surface area contributed by atoms with Crippen LogP contribution in [-0.2, 0) is 24.3 Å². The minimum atomic E-state index is 0.0176. The first kappa shape index (κ1) is 16.3. The Kier molecular flexibility index (Phi) is 4.33. The number of hydrogen-bond donors (Lipinski definition) is 0. The lowest BCUT2D eigenvalue weighted by Gasteiger charge is -2.26. The molecule has 0 bridgehead atoms. The van der Waals surface area contributed by atoms with Crippen LogP contribution in [0.5, 0.6) is 0 Å². The maximum absolute atomic E-state index is 12.9. The third-order valence-corrected chi connectivity index (χ3v) is 5.11. The fraction of sp³-hybridized carbons (Fsp3) is 0.611. The SMILES string of the molecule is Cc1occc1C(=O)N1CCn2c(COCC3CC3)nnc2C[C@H]1C. The second kappa shape index (κ2) is 6.63. The van der Waals surface area contributed by atoms with Gasteiger partial charge in [-0.15, -0.1) is 10.2 Å². The van der Waals surface area contributed by atoms with E-state index >= 15 is 0 Å². The van der Waals surface area contributed by atoms with Gasteiger partial charge in [-0.1, -0.05) is 0 Å². The molecular weight excluding hydrogens is 320 g/mol. The van der Waals surface area contributed by atoms with Gasteiger partial charge < -0.3 is 18.6 Å². The molecule has 4 rings (SSSR count). The third-order valence-electron chi connectivity index (χ3n) is 5.11. The molecule has 2 aromatic heterocycles. The van der Waals surface area contributed by atoms with Crippen LogP contribution in [-0.4, -0.2) is 44.8 Å². The van der Waals surface area contributed by atoms with Crippen LogP contribution >= 0.6 is 0 Å². The smallest absolute Gasteiger partial charge is 0.257 e. The van der Waals surface area contributed by atoms with E-state index in [1.54, 1.807) is 12.3 Å². The number of aromatic nitrogens is 3. The van der Waals surface area contributed by atoms with Crippen molar-refractivity contribution in [2.24, 2.45) is 5.92 Å². The zero-order chi connectivity index (χ0) is 17.4. The number of carbonyl (C=O) groups is 1.